The summed E-state index contributed by atoms with van der Waals surface area (Å²) in [6.07, 6.45) is 2.31. The van der Waals surface area contributed by atoms with Crippen molar-refractivity contribution in [3.63, 3.8) is 0 Å². The minimum atomic E-state index is -0.303. The van der Waals surface area contributed by atoms with Crippen LogP contribution in [0.2, 0.25) is 0 Å². The van der Waals surface area contributed by atoms with Crippen LogP contribution in [0.3, 0.4) is 0 Å². The Bertz CT molecular complexity index is 1120. The molecular formula is C23H23N5O3. The standard InChI is InChI=1S/C23H23N5O3/c1-15(2)20-14-24-26-28(20)17-8-5-7-16(13-17)25-21(29)11-6-12-27-22(30)18-9-3-4-10-19(18)23(27)31/h3-5,7-10,13-15H,6,11-12H2,1-2H3,(H,25,29). The monoisotopic (exact) mass is 417 g/mol. The molecule has 1 N–H and O–H groups in total. The largest absolute Gasteiger partial charge is 0.326 e. The zero-order valence-electron chi connectivity index (χ0n) is 17.4. The first-order chi connectivity index (χ1) is 15.0. The van der Waals surface area contributed by atoms with Gasteiger partial charge in [0.15, 0.2) is 0 Å². The fraction of sp³-hybridized carbons (Fsp3) is 0.261. The van der Waals surface area contributed by atoms with Crippen LogP contribution in [0.4, 0.5) is 5.69 Å². The van der Waals surface area contributed by atoms with E-state index < -0.39 is 0 Å². The summed E-state index contributed by atoms with van der Waals surface area (Å²) in [4.78, 5) is 38.4. The second-order valence-corrected chi connectivity index (χ2v) is 7.73. The molecule has 3 aromatic rings. The number of carbonyl (C=O) groups is 3. The molecule has 8 nitrogen and oxygen atoms in total. The summed E-state index contributed by atoms with van der Waals surface area (Å²) in [5.74, 6) is -0.531. The molecule has 0 unspecified atom stereocenters. The van der Waals surface area contributed by atoms with Gasteiger partial charge in [-0.25, -0.2) is 4.68 Å². The highest BCUT2D eigenvalue weighted by Gasteiger charge is 2.34. The number of amides is 3. The first kappa shape index (κ1) is 20.5. The van der Waals surface area contributed by atoms with Crippen molar-refractivity contribution in [2.45, 2.75) is 32.6 Å². The van der Waals surface area contributed by atoms with Gasteiger partial charge < -0.3 is 5.32 Å². The Labute approximate surface area is 179 Å². The molecule has 1 aliphatic rings. The Balaban J connectivity index is 1.34. The lowest BCUT2D eigenvalue weighted by atomic mass is 10.1. The van der Waals surface area contributed by atoms with E-state index in [1.54, 1.807) is 41.2 Å². The zero-order chi connectivity index (χ0) is 22.0. The van der Waals surface area contributed by atoms with Crippen LogP contribution < -0.4 is 5.32 Å². The van der Waals surface area contributed by atoms with Gasteiger partial charge in [-0.1, -0.05) is 37.3 Å². The molecule has 0 spiro atoms. The molecule has 0 bridgehead atoms. The molecule has 0 fully saturated rings. The molecule has 0 saturated carbocycles. The van der Waals surface area contributed by atoms with Crippen molar-refractivity contribution in [3.05, 3.63) is 71.5 Å². The van der Waals surface area contributed by atoms with Crippen LogP contribution in [0.1, 0.15) is 59.0 Å². The lowest BCUT2D eigenvalue weighted by molar-refractivity contribution is -0.116. The van der Waals surface area contributed by atoms with Crippen LogP contribution in [0.15, 0.2) is 54.7 Å². The fourth-order valence-electron chi connectivity index (χ4n) is 3.62. The van der Waals surface area contributed by atoms with Crippen molar-refractivity contribution < 1.29 is 14.4 Å². The summed E-state index contributed by atoms with van der Waals surface area (Å²) in [7, 11) is 0. The van der Waals surface area contributed by atoms with Gasteiger partial charge in [0.05, 0.1) is 28.7 Å². The van der Waals surface area contributed by atoms with E-state index in [4.69, 9.17) is 0 Å². The number of carbonyl (C=O) groups excluding carboxylic acids is 3. The number of hydrogen-bond donors (Lipinski definition) is 1. The van der Waals surface area contributed by atoms with Gasteiger partial charge in [-0.05, 0) is 42.7 Å². The summed E-state index contributed by atoms with van der Waals surface area (Å²) in [6.45, 7) is 4.33. The van der Waals surface area contributed by atoms with Gasteiger partial charge in [-0.15, -0.1) is 5.10 Å². The number of fused-ring (bicyclic) bond motifs is 1. The summed E-state index contributed by atoms with van der Waals surface area (Å²) < 4.78 is 1.75. The SMILES string of the molecule is CC(C)c1cnnn1-c1cccc(NC(=O)CCCN2C(=O)c3ccccc3C2=O)c1. The Kier molecular flexibility index (Phi) is 5.62. The van der Waals surface area contributed by atoms with Gasteiger partial charge in [0.2, 0.25) is 5.91 Å². The molecule has 2 heterocycles. The van der Waals surface area contributed by atoms with Crippen LogP contribution in [0, 0.1) is 0 Å². The molecular weight excluding hydrogens is 394 g/mol. The third-order valence-electron chi connectivity index (χ3n) is 5.21. The second-order valence-electron chi connectivity index (χ2n) is 7.73. The van der Waals surface area contributed by atoms with Gasteiger partial charge in [0.1, 0.15) is 0 Å². The molecule has 0 saturated heterocycles. The number of nitrogens with zero attached hydrogens (tertiary/aromatic N) is 4. The van der Waals surface area contributed by atoms with Crippen LogP contribution in [0.25, 0.3) is 5.69 Å². The van der Waals surface area contributed by atoms with E-state index in [1.165, 1.54) is 4.90 Å². The Morgan fingerprint density at radius 1 is 1.03 bits per heavy atom. The smallest absolute Gasteiger partial charge is 0.261 e. The quantitative estimate of drug-likeness (QED) is 0.594. The minimum Gasteiger partial charge on any atom is -0.326 e. The third-order valence-corrected chi connectivity index (χ3v) is 5.21. The molecule has 8 heteroatoms. The van der Waals surface area contributed by atoms with Crippen LogP contribution in [-0.4, -0.2) is 44.2 Å². The molecule has 1 aliphatic heterocycles. The van der Waals surface area contributed by atoms with Crippen molar-refractivity contribution in [3.8, 4) is 5.69 Å². The highest BCUT2D eigenvalue weighted by Crippen LogP contribution is 2.23. The normalized spacial score (nSPS) is 13.1. The van der Waals surface area contributed by atoms with E-state index in [1.807, 2.05) is 18.2 Å². The van der Waals surface area contributed by atoms with E-state index >= 15 is 0 Å². The van der Waals surface area contributed by atoms with Crippen molar-refractivity contribution >= 4 is 23.4 Å². The molecule has 31 heavy (non-hydrogen) atoms. The predicted octanol–water partition coefficient (Wildman–Crippen LogP) is 3.41. The van der Waals surface area contributed by atoms with Crippen molar-refractivity contribution in [2.24, 2.45) is 0 Å². The molecule has 0 aliphatic carbocycles. The Morgan fingerprint density at radius 3 is 2.42 bits per heavy atom. The maximum Gasteiger partial charge on any atom is 0.261 e. The minimum absolute atomic E-state index is 0.184. The van der Waals surface area contributed by atoms with E-state index in [0.717, 1.165) is 11.4 Å². The molecule has 0 radical (unpaired) electrons. The fourth-order valence-corrected chi connectivity index (χ4v) is 3.62. The van der Waals surface area contributed by atoms with Crippen LogP contribution in [-0.2, 0) is 4.79 Å². The Hall–Kier alpha value is -3.81. The highest BCUT2D eigenvalue weighted by molar-refractivity contribution is 6.21. The number of aromatic nitrogens is 3. The Morgan fingerprint density at radius 2 is 1.74 bits per heavy atom. The molecule has 158 valence electrons. The average Bonchev–Trinajstić information content (AvgIpc) is 3.34. The molecule has 4 rings (SSSR count). The molecule has 2 aromatic carbocycles. The van der Waals surface area contributed by atoms with Crippen LogP contribution in [0.5, 0.6) is 0 Å². The van der Waals surface area contributed by atoms with E-state index in [-0.39, 0.29) is 36.6 Å². The lowest BCUT2D eigenvalue weighted by Gasteiger charge is -2.14. The van der Waals surface area contributed by atoms with Crippen LogP contribution >= 0.6 is 0 Å². The number of nitrogens with one attached hydrogen (secondary N) is 1. The highest BCUT2D eigenvalue weighted by atomic mass is 16.2. The first-order valence-electron chi connectivity index (χ1n) is 10.2. The van der Waals surface area contributed by atoms with Gasteiger partial charge in [0, 0.05) is 18.7 Å². The first-order valence-corrected chi connectivity index (χ1v) is 10.2. The lowest BCUT2D eigenvalue weighted by Crippen LogP contribution is -2.31. The van der Waals surface area contributed by atoms with Gasteiger partial charge in [-0.3, -0.25) is 19.3 Å². The third kappa shape index (κ3) is 4.09. The van der Waals surface area contributed by atoms with Gasteiger partial charge >= 0.3 is 0 Å². The number of rotatable bonds is 7. The topological polar surface area (TPSA) is 97.2 Å². The maximum absolute atomic E-state index is 12.4. The van der Waals surface area contributed by atoms with Crippen molar-refractivity contribution in [1.29, 1.82) is 0 Å². The number of imide groups is 1. The summed E-state index contributed by atoms with van der Waals surface area (Å²) >= 11 is 0. The number of anilines is 1. The molecule has 3 amide bonds. The molecule has 1 aromatic heterocycles. The van der Waals surface area contributed by atoms with Crippen molar-refractivity contribution in [2.75, 3.05) is 11.9 Å². The van der Waals surface area contributed by atoms with E-state index in [0.29, 0.717) is 23.2 Å². The second kappa shape index (κ2) is 8.51. The molecule has 0 atom stereocenters. The predicted molar refractivity (Wildman–Crippen MR) is 115 cm³/mol. The summed E-state index contributed by atoms with van der Waals surface area (Å²) in [5.41, 5.74) is 3.27. The summed E-state index contributed by atoms with van der Waals surface area (Å²) in [5, 5.41) is 11.0. The van der Waals surface area contributed by atoms with E-state index in [2.05, 4.69) is 29.5 Å². The summed E-state index contributed by atoms with van der Waals surface area (Å²) in [6, 6.07) is 14.1. The van der Waals surface area contributed by atoms with Gasteiger partial charge in [0.25, 0.3) is 11.8 Å². The van der Waals surface area contributed by atoms with Crippen molar-refractivity contribution in [1.82, 2.24) is 19.9 Å². The number of hydrogen-bond acceptors (Lipinski definition) is 5. The maximum atomic E-state index is 12.4. The zero-order valence-corrected chi connectivity index (χ0v) is 17.4. The average molecular weight is 417 g/mol. The van der Waals surface area contributed by atoms with Gasteiger partial charge in [-0.2, -0.15) is 0 Å². The number of benzene rings is 2. The van der Waals surface area contributed by atoms with E-state index in [9.17, 15) is 14.4 Å².